The van der Waals surface area contributed by atoms with Gasteiger partial charge < -0.3 is 0 Å². The molecule has 0 fully saturated rings. The molecule has 2 aromatic carbocycles. The maximum atomic E-state index is 9.19. The van der Waals surface area contributed by atoms with Crippen LogP contribution in [0.4, 0.5) is 0 Å². The zero-order valence-electron chi connectivity index (χ0n) is 16.0. The van der Waals surface area contributed by atoms with Gasteiger partial charge in [-0.05, 0) is 24.5 Å². The Labute approximate surface area is 189 Å². The van der Waals surface area contributed by atoms with E-state index in [9.17, 15) is 8.42 Å². The number of hydrogen-bond donors (Lipinski definition) is 1. The smallest absolute Gasteiger partial charge is 0.261 e. The van der Waals surface area contributed by atoms with E-state index in [0.717, 1.165) is 38.8 Å². The number of fused-ring (bicyclic) bond motifs is 3. The molecule has 3 aromatic rings. The van der Waals surface area contributed by atoms with Crippen LogP contribution >= 0.6 is 35.0 Å². The molecule has 0 saturated carbocycles. The Hall–Kier alpha value is -1.97. The van der Waals surface area contributed by atoms with E-state index in [-0.39, 0.29) is 0 Å². The average Bonchev–Trinajstić information content (AvgIpc) is 2.83. The minimum absolute atomic E-state index is 0.497. The molecule has 6 nitrogen and oxygen atoms in total. The molecule has 1 aromatic heterocycles. The van der Waals surface area contributed by atoms with Crippen molar-refractivity contribution in [3.8, 4) is 11.3 Å². The summed E-state index contributed by atoms with van der Waals surface area (Å²) in [6.07, 6.45) is 4.53. The third-order valence-corrected chi connectivity index (χ3v) is 5.18. The van der Waals surface area contributed by atoms with Gasteiger partial charge in [0, 0.05) is 38.5 Å². The van der Waals surface area contributed by atoms with Gasteiger partial charge in [-0.25, -0.2) is 9.97 Å². The molecule has 2 heterocycles. The van der Waals surface area contributed by atoms with Crippen LogP contribution in [0.3, 0.4) is 0 Å². The number of hydrogen-bond acceptors (Lipinski definition) is 6. The predicted octanol–water partition coefficient (Wildman–Crippen LogP) is 5.03. The summed E-state index contributed by atoms with van der Waals surface area (Å²) in [4.78, 5) is 13.9. The highest BCUT2D eigenvalue weighted by Crippen LogP contribution is 2.34. The fourth-order valence-electron chi connectivity index (χ4n) is 2.89. The van der Waals surface area contributed by atoms with Crippen molar-refractivity contribution in [3.05, 3.63) is 75.4 Å². The van der Waals surface area contributed by atoms with Crippen LogP contribution in [0.25, 0.3) is 11.3 Å². The van der Waals surface area contributed by atoms with Crippen LogP contribution in [-0.4, -0.2) is 41.2 Å². The van der Waals surface area contributed by atoms with Gasteiger partial charge in [0.2, 0.25) is 0 Å². The number of aliphatic imine (C=N–C) groups is 1. The largest absolute Gasteiger partial charge is 0.286 e. The van der Waals surface area contributed by atoms with E-state index >= 15 is 0 Å². The van der Waals surface area contributed by atoms with Gasteiger partial charge in [0.05, 0.1) is 24.2 Å². The lowest BCUT2D eigenvalue weighted by molar-refractivity contribution is 0.490. The standard InChI is InChI=1S/C19H13Cl2N3S.CH4O3S/c1-25-19-23-10-11-9-22-18(14-4-2-3-5-16(14)21)15-8-12(20)6-7-13(15)17(11)24-19;1-5(2,3)4/h2-8,10H,9H2,1H3;1H3,(H,2,3,4). The summed E-state index contributed by atoms with van der Waals surface area (Å²) < 4.78 is 25.9. The lowest BCUT2D eigenvalue weighted by Gasteiger charge is -2.12. The monoisotopic (exact) mass is 481 g/mol. The molecule has 0 saturated heterocycles. The van der Waals surface area contributed by atoms with Crippen LogP contribution in [0.2, 0.25) is 10.0 Å². The molecular formula is C20H17Cl2N3O3S2. The summed E-state index contributed by atoms with van der Waals surface area (Å²) in [6.45, 7) is 0.497. The van der Waals surface area contributed by atoms with Crippen molar-refractivity contribution in [2.45, 2.75) is 11.7 Å². The Bertz CT molecular complexity index is 1220. The average molecular weight is 482 g/mol. The number of thioether (sulfide) groups is 1. The molecule has 0 bridgehead atoms. The van der Waals surface area contributed by atoms with Gasteiger partial charge in [-0.3, -0.25) is 9.55 Å². The van der Waals surface area contributed by atoms with Crippen molar-refractivity contribution in [2.75, 3.05) is 12.5 Å². The molecule has 0 unspecified atom stereocenters. The van der Waals surface area contributed by atoms with Crippen LogP contribution in [0.1, 0.15) is 16.7 Å². The summed E-state index contributed by atoms with van der Waals surface area (Å²) in [6, 6.07) is 13.5. The fraction of sp³-hybridized carbons (Fsp3) is 0.150. The van der Waals surface area contributed by atoms with Gasteiger partial charge >= 0.3 is 0 Å². The summed E-state index contributed by atoms with van der Waals surface area (Å²) in [5.74, 6) is 0. The fourth-order valence-corrected chi connectivity index (χ4v) is 3.63. The van der Waals surface area contributed by atoms with E-state index in [4.69, 9.17) is 37.7 Å². The SMILES string of the molecule is CS(=O)(=O)O.CSc1ncc2c(n1)-c1ccc(Cl)cc1C(c1ccccc1Cl)=NC2. The summed E-state index contributed by atoms with van der Waals surface area (Å²) in [7, 11) is -3.67. The lowest BCUT2D eigenvalue weighted by atomic mass is 9.95. The van der Waals surface area contributed by atoms with Crippen molar-refractivity contribution in [1.29, 1.82) is 0 Å². The van der Waals surface area contributed by atoms with E-state index in [0.29, 0.717) is 22.8 Å². The third-order valence-electron chi connectivity index (χ3n) is 4.05. The number of nitrogens with zero attached hydrogens (tertiary/aromatic N) is 3. The molecule has 0 aliphatic carbocycles. The zero-order valence-corrected chi connectivity index (χ0v) is 19.1. The number of rotatable bonds is 2. The lowest BCUT2D eigenvalue weighted by Crippen LogP contribution is -2.05. The Morgan fingerprint density at radius 2 is 1.77 bits per heavy atom. The number of benzene rings is 2. The van der Waals surface area contributed by atoms with E-state index < -0.39 is 10.1 Å². The van der Waals surface area contributed by atoms with E-state index in [1.54, 1.807) is 0 Å². The first-order valence-corrected chi connectivity index (χ1v) is 12.4. The summed E-state index contributed by atoms with van der Waals surface area (Å²) in [5, 5.41) is 2.05. The van der Waals surface area contributed by atoms with E-state index in [1.165, 1.54) is 11.8 Å². The molecule has 30 heavy (non-hydrogen) atoms. The molecule has 0 amide bonds. The second-order valence-electron chi connectivity index (χ2n) is 6.30. The molecule has 4 rings (SSSR count). The van der Waals surface area contributed by atoms with Crippen molar-refractivity contribution in [2.24, 2.45) is 4.99 Å². The molecule has 1 aliphatic heterocycles. The van der Waals surface area contributed by atoms with Crippen molar-refractivity contribution < 1.29 is 13.0 Å². The molecular weight excluding hydrogens is 465 g/mol. The maximum Gasteiger partial charge on any atom is 0.261 e. The van der Waals surface area contributed by atoms with Crippen LogP contribution < -0.4 is 0 Å². The van der Waals surface area contributed by atoms with Gasteiger partial charge in [0.1, 0.15) is 0 Å². The van der Waals surface area contributed by atoms with Crippen molar-refractivity contribution in [3.63, 3.8) is 0 Å². The van der Waals surface area contributed by atoms with Gasteiger partial charge in [0.25, 0.3) is 10.1 Å². The molecule has 0 spiro atoms. The van der Waals surface area contributed by atoms with Gasteiger partial charge in [-0.2, -0.15) is 8.42 Å². The van der Waals surface area contributed by atoms with Crippen LogP contribution in [0.15, 0.2) is 58.8 Å². The molecule has 10 heteroatoms. The molecule has 0 atom stereocenters. The Balaban J connectivity index is 0.000000461. The summed E-state index contributed by atoms with van der Waals surface area (Å²) >= 11 is 14.2. The molecule has 0 radical (unpaired) electrons. The second kappa shape index (κ2) is 9.45. The Morgan fingerprint density at radius 1 is 1.07 bits per heavy atom. The second-order valence-corrected chi connectivity index (χ2v) is 9.38. The quantitative estimate of drug-likeness (QED) is 0.313. The minimum atomic E-state index is -3.67. The first kappa shape index (κ1) is 22.7. The number of aromatic nitrogens is 2. The van der Waals surface area contributed by atoms with Gasteiger partial charge in [0.15, 0.2) is 5.16 Å². The zero-order chi connectivity index (χ0) is 21.9. The topological polar surface area (TPSA) is 92.5 Å². The highest BCUT2D eigenvalue weighted by molar-refractivity contribution is 7.98. The molecule has 156 valence electrons. The van der Waals surface area contributed by atoms with Crippen molar-refractivity contribution >= 4 is 50.8 Å². The summed E-state index contributed by atoms with van der Waals surface area (Å²) in [5.41, 5.74) is 5.53. The number of halogens is 2. The normalized spacial score (nSPS) is 12.6. The highest BCUT2D eigenvalue weighted by atomic mass is 35.5. The van der Waals surface area contributed by atoms with Gasteiger partial charge in [-0.15, -0.1) is 0 Å². The molecule has 1 N–H and O–H groups in total. The van der Waals surface area contributed by atoms with Crippen LogP contribution in [0, 0.1) is 0 Å². The van der Waals surface area contributed by atoms with Crippen LogP contribution in [0.5, 0.6) is 0 Å². The predicted molar refractivity (Wildman–Crippen MR) is 123 cm³/mol. The first-order chi connectivity index (χ1) is 14.2. The van der Waals surface area contributed by atoms with E-state index in [2.05, 4.69) is 4.98 Å². The highest BCUT2D eigenvalue weighted by Gasteiger charge is 2.22. The van der Waals surface area contributed by atoms with Crippen molar-refractivity contribution in [1.82, 2.24) is 9.97 Å². The minimum Gasteiger partial charge on any atom is -0.286 e. The molecule has 1 aliphatic rings. The first-order valence-electron chi connectivity index (χ1n) is 8.59. The van der Waals surface area contributed by atoms with E-state index in [1.807, 2.05) is 54.9 Å². The third kappa shape index (κ3) is 5.59. The Kier molecular flexibility index (Phi) is 7.15. The van der Waals surface area contributed by atoms with Gasteiger partial charge in [-0.1, -0.05) is 59.2 Å². The maximum absolute atomic E-state index is 9.19. The van der Waals surface area contributed by atoms with Crippen LogP contribution in [-0.2, 0) is 16.7 Å². The Morgan fingerprint density at radius 3 is 2.43 bits per heavy atom.